The average molecular weight is 392 g/mol. The molecular weight excluding hydrogens is 372 g/mol. The Balaban J connectivity index is 0.00000156. The van der Waals surface area contributed by atoms with Crippen molar-refractivity contribution in [1.29, 1.82) is 0 Å². The van der Waals surface area contributed by atoms with E-state index in [1.807, 2.05) is 60.3 Å². The fourth-order valence-electron chi connectivity index (χ4n) is 3.26. The smallest absolute Gasteiger partial charge is 0.316 e. The molecule has 1 unspecified atom stereocenters. The number of nitrogens with zero attached hydrogens (tertiary/aromatic N) is 2. The molecule has 2 aromatic rings. The van der Waals surface area contributed by atoms with Crippen LogP contribution in [-0.2, 0) is 5.72 Å². The molecule has 2 aliphatic rings. The molecule has 1 atom stereocenters. The highest BCUT2D eigenvalue weighted by Gasteiger charge is 2.53. The molecular formula is C18H20BrN2OS+. The van der Waals surface area contributed by atoms with Crippen LogP contribution in [0.4, 0.5) is 5.69 Å². The third-order valence-corrected chi connectivity index (χ3v) is 5.54. The number of aliphatic hydroxyl groups is 1. The fraction of sp³-hybridized carbons (Fsp3) is 0.278. The van der Waals surface area contributed by atoms with Crippen LogP contribution in [0.25, 0.3) is 0 Å². The first kappa shape index (κ1) is 16.6. The number of halogens is 1. The first-order chi connectivity index (χ1) is 10.8. The Morgan fingerprint density at radius 1 is 1.00 bits per heavy atom. The molecule has 3 nitrogen and oxygen atoms in total. The summed E-state index contributed by atoms with van der Waals surface area (Å²) in [4.78, 5) is 2.25. The first-order valence-corrected chi connectivity index (χ1v) is 8.65. The van der Waals surface area contributed by atoms with Gasteiger partial charge in [-0.15, -0.1) is 17.0 Å². The summed E-state index contributed by atoms with van der Waals surface area (Å²) in [6, 6.07) is 20.4. The molecule has 0 aliphatic carbocycles. The lowest BCUT2D eigenvalue weighted by Gasteiger charge is -2.24. The molecule has 1 N–H and O–H groups in total. The monoisotopic (exact) mass is 391 g/mol. The van der Waals surface area contributed by atoms with Gasteiger partial charge in [0, 0.05) is 11.3 Å². The van der Waals surface area contributed by atoms with E-state index in [9.17, 15) is 5.11 Å². The van der Waals surface area contributed by atoms with E-state index in [0.29, 0.717) is 6.54 Å². The van der Waals surface area contributed by atoms with E-state index in [1.54, 1.807) is 0 Å². The topological polar surface area (TPSA) is 26.5 Å². The summed E-state index contributed by atoms with van der Waals surface area (Å²) >= 11 is 1.84. The molecule has 0 saturated carbocycles. The molecule has 4 rings (SSSR count). The van der Waals surface area contributed by atoms with Crippen LogP contribution in [0.2, 0.25) is 0 Å². The molecule has 2 aromatic carbocycles. The number of hydrogen-bond acceptors (Lipinski definition) is 3. The largest absolute Gasteiger partial charge is 0.346 e. The average Bonchev–Trinajstić information content (AvgIpc) is 2.91. The second-order valence-corrected chi connectivity index (χ2v) is 6.80. The van der Waals surface area contributed by atoms with Gasteiger partial charge >= 0.3 is 5.17 Å². The molecule has 0 saturated heterocycles. The summed E-state index contributed by atoms with van der Waals surface area (Å²) < 4.78 is 2.17. The second-order valence-electron chi connectivity index (χ2n) is 5.74. The van der Waals surface area contributed by atoms with Crippen molar-refractivity contribution in [1.82, 2.24) is 0 Å². The number of thioether (sulfide) groups is 1. The van der Waals surface area contributed by atoms with Crippen molar-refractivity contribution in [3.63, 3.8) is 0 Å². The van der Waals surface area contributed by atoms with Gasteiger partial charge in [-0.2, -0.15) is 0 Å². The van der Waals surface area contributed by atoms with Gasteiger partial charge in [0.05, 0.1) is 6.54 Å². The minimum atomic E-state index is -0.945. The van der Waals surface area contributed by atoms with Crippen molar-refractivity contribution in [2.24, 2.45) is 0 Å². The molecule has 2 heterocycles. The number of amidine groups is 1. The minimum Gasteiger partial charge on any atom is -0.346 e. The van der Waals surface area contributed by atoms with Crippen LogP contribution in [0.5, 0.6) is 0 Å². The molecule has 0 aromatic heterocycles. The van der Waals surface area contributed by atoms with Gasteiger partial charge in [0.15, 0.2) is 6.54 Å². The van der Waals surface area contributed by atoms with E-state index >= 15 is 0 Å². The summed E-state index contributed by atoms with van der Waals surface area (Å²) in [5.41, 5.74) is 1.16. The van der Waals surface area contributed by atoms with Gasteiger partial charge in [0.1, 0.15) is 5.69 Å². The minimum absolute atomic E-state index is 0. The standard InChI is InChI=1S/C18H19N2OS.BrH/c21-18(15-8-3-1-4-9-15)14-19(16-10-5-2-6-11-16)17-20(18)12-7-13-22-17;/h1-6,8-11,21H,7,12-14H2;1H/q+1;. The molecule has 5 heteroatoms. The van der Waals surface area contributed by atoms with Crippen molar-refractivity contribution in [3.8, 4) is 0 Å². The van der Waals surface area contributed by atoms with Gasteiger partial charge in [-0.1, -0.05) is 48.5 Å². The lowest BCUT2D eigenvalue weighted by molar-refractivity contribution is -0.656. The Kier molecular flexibility index (Phi) is 4.80. The molecule has 0 spiro atoms. The maximum absolute atomic E-state index is 11.4. The Bertz CT molecular complexity index is 707. The van der Waals surface area contributed by atoms with Crippen LogP contribution in [0.3, 0.4) is 0 Å². The zero-order chi connectivity index (χ0) is 15.0. The van der Waals surface area contributed by atoms with E-state index in [0.717, 1.165) is 30.0 Å². The quantitative estimate of drug-likeness (QED) is 0.794. The molecule has 0 fully saturated rings. The molecule has 0 amide bonds. The van der Waals surface area contributed by atoms with Gasteiger partial charge in [0.25, 0.3) is 5.72 Å². The SMILES string of the molecule is Br.OC1(c2ccccc2)CN(c2ccccc2)C2=[N+]1CCCS2. The maximum atomic E-state index is 11.4. The molecule has 2 aliphatic heterocycles. The second kappa shape index (κ2) is 6.67. The summed E-state index contributed by atoms with van der Waals surface area (Å²) in [5, 5.41) is 12.6. The van der Waals surface area contributed by atoms with Gasteiger partial charge in [-0.3, -0.25) is 0 Å². The molecule has 23 heavy (non-hydrogen) atoms. The van der Waals surface area contributed by atoms with Crippen molar-refractivity contribution in [2.45, 2.75) is 12.1 Å². The highest BCUT2D eigenvalue weighted by molar-refractivity contribution is 8.93. The number of rotatable bonds is 2. The van der Waals surface area contributed by atoms with E-state index in [1.165, 1.54) is 5.17 Å². The molecule has 0 bridgehead atoms. The lowest BCUT2D eigenvalue weighted by atomic mass is 10.0. The third kappa shape index (κ3) is 2.82. The fourth-order valence-corrected chi connectivity index (χ4v) is 4.44. The Hall–Kier alpha value is -1.30. The Labute approximate surface area is 151 Å². The van der Waals surface area contributed by atoms with Crippen LogP contribution in [0.1, 0.15) is 12.0 Å². The first-order valence-electron chi connectivity index (χ1n) is 7.67. The van der Waals surface area contributed by atoms with E-state index in [4.69, 9.17) is 0 Å². The maximum Gasteiger partial charge on any atom is 0.316 e. The highest BCUT2D eigenvalue weighted by atomic mass is 79.9. The van der Waals surface area contributed by atoms with Crippen LogP contribution in [0, 0.1) is 0 Å². The molecule has 120 valence electrons. The summed E-state index contributed by atoms with van der Waals surface area (Å²) in [6.07, 6.45) is 1.10. The summed E-state index contributed by atoms with van der Waals surface area (Å²) in [6.45, 7) is 1.47. The number of hydrogen-bond donors (Lipinski definition) is 1. The van der Waals surface area contributed by atoms with Crippen molar-refractivity contribution in [3.05, 3.63) is 66.2 Å². The van der Waals surface area contributed by atoms with Crippen LogP contribution in [-0.4, -0.2) is 33.7 Å². The highest BCUT2D eigenvalue weighted by Crippen LogP contribution is 2.37. The van der Waals surface area contributed by atoms with Gasteiger partial charge < -0.3 is 5.11 Å². The number of para-hydroxylation sites is 1. The van der Waals surface area contributed by atoms with Gasteiger partial charge in [-0.05, 0) is 30.3 Å². The normalized spacial score (nSPS) is 23.4. The zero-order valence-electron chi connectivity index (χ0n) is 12.8. The number of benzene rings is 2. The summed E-state index contributed by atoms with van der Waals surface area (Å²) in [5.74, 6) is 1.11. The predicted octanol–water partition coefficient (Wildman–Crippen LogP) is 3.44. The third-order valence-electron chi connectivity index (χ3n) is 4.35. The number of β-amino-alcohol motifs (C(OH)–C–C–N with tert-alkyl or cyclic N) is 1. The van der Waals surface area contributed by atoms with Crippen molar-refractivity contribution in [2.75, 3.05) is 23.7 Å². The van der Waals surface area contributed by atoms with Crippen LogP contribution >= 0.6 is 28.7 Å². The zero-order valence-corrected chi connectivity index (χ0v) is 15.3. The van der Waals surface area contributed by atoms with Crippen LogP contribution < -0.4 is 4.90 Å². The van der Waals surface area contributed by atoms with Gasteiger partial charge in [-0.25, -0.2) is 9.48 Å². The van der Waals surface area contributed by atoms with E-state index in [-0.39, 0.29) is 17.0 Å². The predicted molar refractivity (Wildman–Crippen MR) is 102 cm³/mol. The molecule has 0 radical (unpaired) electrons. The van der Waals surface area contributed by atoms with Gasteiger partial charge in [0.2, 0.25) is 0 Å². The number of anilines is 1. The van der Waals surface area contributed by atoms with Crippen molar-refractivity contribution >= 4 is 39.6 Å². The lowest BCUT2D eigenvalue weighted by Crippen LogP contribution is -2.41. The van der Waals surface area contributed by atoms with Crippen molar-refractivity contribution < 1.29 is 9.68 Å². The summed E-state index contributed by atoms with van der Waals surface area (Å²) in [7, 11) is 0. The van der Waals surface area contributed by atoms with E-state index < -0.39 is 5.72 Å². The Morgan fingerprint density at radius 2 is 1.65 bits per heavy atom. The Morgan fingerprint density at radius 3 is 2.35 bits per heavy atom. The van der Waals surface area contributed by atoms with Crippen LogP contribution in [0.15, 0.2) is 60.7 Å². The van der Waals surface area contributed by atoms with E-state index in [2.05, 4.69) is 21.6 Å².